The lowest BCUT2D eigenvalue weighted by Crippen LogP contribution is -2.40. The number of hydrogen-bond acceptors (Lipinski definition) is 3. The molecule has 1 amide bonds. The zero-order valence-electron chi connectivity index (χ0n) is 13.5. The summed E-state index contributed by atoms with van der Waals surface area (Å²) < 4.78 is 11.3. The van der Waals surface area contributed by atoms with Gasteiger partial charge < -0.3 is 14.4 Å². The van der Waals surface area contributed by atoms with Crippen molar-refractivity contribution >= 4 is 5.91 Å². The highest BCUT2D eigenvalue weighted by Crippen LogP contribution is 2.32. The van der Waals surface area contributed by atoms with Crippen LogP contribution < -0.4 is 4.74 Å². The minimum absolute atomic E-state index is 0.0596. The van der Waals surface area contributed by atoms with Crippen LogP contribution in [-0.2, 0) is 4.74 Å². The zero-order valence-corrected chi connectivity index (χ0v) is 13.5. The zero-order chi connectivity index (χ0) is 15.5. The summed E-state index contributed by atoms with van der Waals surface area (Å²) in [5, 5.41) is 0. The second-order valence-electron chi connectivity index (χ2n) is 6.57. The van der Waals surface area contributed by atoms with Crippen molar-refractivity contribution in [1.29, 1.82) is 0 Å². The third-order valence-electron chi connectivity index (χ3n) is 4.37. The molecule has 0 atom stereocenters. The van der Waals surface area contributed by atoms with Gasteiger partial charge >= 0.3 is 0 Å². The molecule has 0 unspecified atom stereocenters. The van der Waals surface area contributed by atoms with E-state index in [9.17, 15) is 4.79 Å². The lowest BCUT2D eigenvalue weighted by Gasteiger charge is -2.27. The number of morpholine rings is 1. The second kappa shape index (κ2) is 6.69. The van der Waals surface area contributed by atoms with Gasteiger partial charge in [-0.3, -0.25) is 4.79 Å². The first-order chi connectivity index (χ1) is 10.6. The summed E-state index contributed by atoms with van der Waals surface area (Å²) in [4.78, 5) is 14.6. The summed E-state index contributed by atoms with van der Waals surface area (Å²) in [6, 6.07) is 6.01. The predicted molar refractivity (Wildman–Crippen MR) is 85.5 cm³/mol. The van der Waals surface area contributed by atoms with Gasteiger partial charge in [0, 0.05) is 13.1 Å². The Hall–Kier alpha value is -1.55. The predicted octanol–water partition coefficient (Wildman–Crippen LogP) is 3.07. The number of carbonyl (C=O) groups is 1. The highest BCUT2D eigenvalue weighted by atomic mass is 16.5. The van der Waals surface area contributed by atoms with Gasteiger partial charge in [0.25, 0.3) is 5.91 Å². The van der Waals surface area contributed by atoms with Gasteiger partial charge in [-0.2, -0.15) is 0 Å². The van der Waals surface area contributed by atoms with Gasteiger partial charge in [-0.15, -0.1) is 0 Å². The molecule has 0 radical (unpaired) electrons. The van der Waals surface area contributed by atoms with Crippen LogP contribution in [0.3, 0.4) is 0 Å². The highest BCUT2D eigenvalue weighted by Gasteiger charge is 2.25. The SMILES string of the molecule is CC(C)c1ccc(C(=O)N2CCOCC2)c(OCC2CC2)c1. The molecule has 1 saturated carbocycles. The Bertz CT molecular complexity index is 531. The number of hydrogen-bond donors (Lipinski definition) is 0. The Morgan fingerprint density at radius 1 is 1.32 bits per heavy atom. The van der Waals surface area contributed by atoms with Gasteiger partial charge in [0.1, 0.15) is 5.75 Å². The van der Waals surface area contributed by atoms with Gasteiger partial charge in [0.15, 0.2) is 0 Å². The van der Waals surface area contributed by atoms with E-state index in [4.69, 9.17) is 9.47 Å². The van der Waals surface area contributed by atoms with Gasteiger partial charge in [-0.05, 0) is 42.4 Å². The molecular formula is C18H25NO3. The van der Waals surface area contributed by atoms with Crippen LogP contribution in [0.5, 0.6) is 5.75 Å². The summed E-state index contributed by atoms with van der Waals surface area (Å²) in [7, 11) is 0. The number of benzene rings is 1. The first-order valence-corrected chi connectivity index (χ1v) is 8.29. The minimum Gasteiger partial charge on any atom is -0.492 e. The van der Waals surface area contributed by atoms with E-state index >= 15 is 0 Å². The van der Waals surface area contributed by atoms with Crippen molar-refractivity contribution in [3.63, 3.8) is 0 Å². The Labute approximate surface area is 132 Å². The molecule has 1 aromatic carbocycles. The van der Waals surface area contributed by atoms with Crippen LogP contribution in [-0.4, -0.2) is 43.7 Å². The van der Waals surface area contributed by atoms with Crippen LogP contribution >= 0.6 is 0 Å². The Morgan fingerprint density at radius 2 is 2.05 bits per heavy atom. The topological polar surface area (TPSA) is 38.8 Å². The summed E-state index contributed by atoms with van der Waals surface area (Å²) in [6.07, 6.45) is 2.49. The fraction of sp³-hybridized carbons (Fsp3) is 0.611. The average molecular weight is 303 g/mol. The third-order valence-corrected chi connectivity index (χ3v) is 4.37. The number of rotatable bonds is 5. The number of ether oxygens (including phenoxy) is 2. The van der Waals surface area contributed by atoms with E-state index in [1.54, 1.807) is 0 Å². The fourth-order valence-corrected chi connectivity index (χ4v) is 2.62. The fourth-order valence-electron chi connectivity index (χ4n) is 2.62. The maximum absolute atomic E-state index is 12.8. The smallest absolute Gasteiger partial charge is 0.257 e. The van der Waals surface area contributed by atoms with Gasteiger partial charge in [-0.25, -0.2) is 0 Å². The van der Waals surface area contributed by atoms with Crippen molar-refractivity contribution in [1.82, 2.24) is 4.90 Å². The van der Waals surface area contributed by atoms with Crippen molar-refractivity contribution in [2.45, 2.75) is 32.6 Å². The second-order valence-corrected chi connectivity index (χ2v) is 6.57. The minimum atomic E-state index is 0.0596. The summed E-state index contributed by atoms with van der Waals surface area (Å²) >= 11 is 0. The molecular weight excluding hydrogens is 278 g/mol. The molecule has 1 aliphatic carbocycles. The van der Waals surface area contributed by atoms with E-state index in [0.29, 0.717) is 43.7 Å². The van der Waals surface area contributed by atoms with Crippen molar-refractivity contribution < 1.29 is 14.3 Å². The van der Waals surface area contributed by atoms with Crippen molar-refractivity contribution in [2.24, 2.45) is 5.92 Å². The highest BCUT2D eigenvalue weighted by molar-refractivity contribution is 5.97. The lowest BCUT2D eigenvalue weighted by molar-refractivity contribution is 0.0300. The van der Waals surface area contributed by atoms with E-state index < -0.39 is 0 Å². The maximum atomic E-state index is 12.8. The molecule has 0 spiro atoms. The lowest BCUT2D eigenvalue weighted by atomic mass is 10.0. The van der Waals surface area contributed by atoms with Crippen molar-refractivity contribution in [3.05, 3.63) is 29.3 Å². The Balaban J connectivity index is 1.81. The van der Waals surface area contributed by atoms with Gasteiger partial charge in [-0.1, -0.05) is 19.9 Å². The Morgan fingerprint density at radius 3 is 2.68 bits per heavy atom. The first-order valence-electron chi connectivity index (χ1n) is 8.29. The molecule has 0 N–H and O–H groups in total. The van der Waals surface area contributed by atoms with E-state index in [1.165, 1.54) is 18.4 Å². The average Bonchev–Trinajstić information content (AvgIpc) is 3.37. The largest absolute Gasteiger partial charge is 0.492 e. The number of carbonyl (C=O) groups excluding carboxylic acids is 1. The molecule has 3 rings (SSSR count). The molecule has 1 heterocycles. The molecule has 4 heteroatoms. The molecule has 1 saturated heterocycles. The molecule has 2 fully saturated rings. The standard InChI is InChI=1S/C18H25NO3/c1-13(2)15-5-6-16(17(11-15)22-12-14-3-4-14)18(20)19-7-9-21-10-8-19/h5-6,11,13-14H,3-4,7-10,12H2,1-2H3. The molecule has 1 aromatic rings. The molecule has 1 aliphatic heterocycles. The van der Waals surface area contributed by atoms with E-state index in [1.807, 2.05) is 23.1 Å². The van der Waals surface area contributed by atoms with E-state index in [-0.39, 0.29) is 5.91 Å². The van der Waals surface area contributed by atoms with Crippen LogP contribution in [0.25, 0.3) is 0 Å². The molecule has 4 nitrogen and oxygen atoms in total. The quantitative estimate of drug-likeness (QED) is 0.839. The monoisotopic (exact) mass is 303 g/mol. The van der Waals surface area contributed by atoms with E-state index in [0.717, 1.165) is 12.4 Å². The number of nitrogens with zero attached hydrogens (tertiary/aromatic N) is 1. The van der Waals surface area contributed by atoms with Crippen LogP contribution in [0.15, 0.2) is 18.2 Å². The van der Waals surface area contributed by atoms with Crippen LogP contribution in [0, 0.1) is 5.92 Å². The summed E-state index contributed by atoms with van der Waals surface area (Å²) in [6.45, 7) is 7.60. The van der Waals surface area contributed by atoms with Crippen LogP contribution in [0.1, 0.15) is 48.5 Å². The van der Waals surface area contributed by atoms with Crippen LogP contribution in [0.2, 0.25) is 0 Å². The number of amides is 1. The molecule has 120 valence electrons. The van der Waals surface area contributed by atoms with Crippen molar-refractivity contribution in [2.75, 3.05) is 32.9 Å². The summed E-state index contributed by atoms with van der Waals surface area (Å²) in [5.74, 6) is 1.91. The van der Waals surface area contributed by atoms with E-state index in [2.05, 4.69) is 13.8 Å². The van der Waals surface area contributed by atoms with Crippen LogP contribution in [0.4, 0.5) is 0 Å². The van der Waals surface area contributed by atoms with Gasteiger partial charge in [0.2, 0.25) is 0 Å². The Kier molecular flexibility index (Phi) is 4.67. The summed E-state index contributed by atoms with van der Waals surface area (Å²) in [5.41, 5.74) is 1.90. The first kappa shape index (κ1) is 15.3. The maximum Gasteiger partial charge on any atom is 0.257 e. The van der Waals surface area contributed by atoms with Crippen molar-refractivity contribution in [3.8, 4) is 5.75 Å². The normalized spacial score (nSPS) is 18.6. The van der Waals surface area contributed by atoms with Gasteiger partial charge in [0.05, 0.1) is 25.4 Å². The molecule has 22 heavy (non-hydrogen) atoms. The molecule has 0 bridgehead atoms. The molecule has 0 aromatic heterocycles. The molecule has 2 aliphatic rings. The third kappa shape index (κ3) is 3.61.